The van der Waals surface area contributed by atoms with Crippen LogP contribution >= 0.6 is 0 Å². The molecule has 1 saturated heterocycles. The van der Waals surface area contributed by atoms with Gasteiger partial charge in [-0.1, -0.05) is 67.1 Å². The monoisotopic (exact) mass is 351 g/mol. The van der Waals surface area contributed by atoms with E-state index in [1.807, 2.05) is 48.5 Å². The molecule has 2 atom stereocenters. The van der Waals surface area contributed by atoms with Crippen LogP contribution in [-0.2, 0) is 9.53 Å². The third kappa shape index (κ3) is 4.38. The maximum atomic E-state index is 13.2. The average molecular weight is 351 g/mol. The number of Topliss-reactive ketones (excluding diaryl/α,β-unsaturated/α-hetero) is 1. The van der Waals surface area contributed by atoms with Gasteiger partial charge < -0.3 is 4.74 Å². The van der Waals surface area contributed by atoms with Gasteiger partial charge in [0.25, 0.3) is 0 Å². The van der Waals surface area contributed by atoms with Gasteiger partial charge in [-0.05, 0) is 31.5 Å². The molecule has 0 aliphatic carbocycles. The summed E-state index contributed by atoms with van der Waals surface area (Å²) in [5.41, 5.74) is 1.57. The fraction of sp³-hybridized carbons (Fsp3) is 0.364. The summed E-state index contributed by atoms with van der Waals surface area (Å²) in [5, 5.41) is 0. The third-order valence-corrected chi connectivity index (χ3v) is 4.82. The van der Waals surface area contributed by atoms with E-state index in [1.54, 1.807) is 12.1 Å². The predicted octanol–water partition coefficient (Wildman–Crippen LogP) is 4.03. The Hall–Kier alpha value is -2.46. The number of carbonyl (C=O) groups is 2. The molecule has 0 bridgehead atoms. The van der Waals surface area contributed by atoms with E-state index in [2.05, 4.69) is 4.90 Å². The van der Waals surface area contributed by atoms with Crippen LogP contribution in [-0.4, -0.2) is 35.8 Å². The summed E-state index contributed by atoms with van der Waals surface area (Å²) in [5.74, 6) is -0.586. The Bertz CT molecular complexity index is 724. The molecule has 4 heteroatoms. The minimum absolute atomic E-state index is 0.153. The second-order valence-electron chi connectivity index (χ2n) is 6.71. The number of esters is 1. The second kappa shape index (κ2) is 8.77. The molecule has 136 valence electrons. The number of ketones is 1. The smallest absolute Gasteiger partial charge is 0.303 e. The van der Waals surface area contributed by atoms with Crippen LogP contribution in [0.15, 0.2) is 60.7 Å². The highest BCUT2D eigenvalue weighted by atomic mass is 16.5. The summed E-state index contributed by atoms with van der Waals surface area (Å²) >= 11 is 0. The van der Waals surface area contributed by atoms with Crippen LogP contribution in [0.3, 0.4) is 0 Å². The third-order valence-electron chi connectivity index (χ3n) is 4.82. The van der Waals surface area contributed by atoms with E-state index >= 15 is 0 Å². The second-order valence-corrected chi connectivity index (χ2v) is 6.71. The molecule has 1 aliphatic rings. The van der Waals surface area contributed by atoms with Crippen molar-refractivity contribution in [1.29, 1.82) is 0 Å². The first-order valence-electron chi connectivity index (χ1n) is 9.22. The first-order valence-corrected chi connectivity index (χ1v) is 9.22. The molecule has 0 saturated carbocycles. The van der Waals surface area contributed by atoms with Gasteiger partial charge in [-0.3, -0.25) is 14.5 Å². The fourth-order valence-corrected chi connectivity index (χ4v) is 3.63. The summed E-state index contributed by atoms with van der Waals surface area (Å²) in [6.07, 6.45) is 2.53. The molecule has 0 unspecified atom stereocenters. The zero-order chi connectivity index (χ0) is 18.4. The number of rotatable bonds is 6. The summed E-state index contributed by atoms with van der Waals surface area (Å²) in [7, 11) is 0. The minimum atomic E-state index is -0.851. The van der Waals surface area contributed by atoms with Gasteiger partial charge in [0.05, 0.1) is 6.04 Å². The normalized spacial score (nSPS) is 17.3. The first-order chi connectivity index (χ1) is 12.7. The molecule has 26 heavy (non-hydrogen) atoms. The van der Waals surface area contributed by atoms with Gasteiger partial charge in [0.15, 0.2) is 6.10 Å². The molecule has 0 radical (unpaired) electrons. The SMILES string of the molecule is CC(=O)O[C@H](C(=O)c1ccccc1)[C@H](c1ccccc1)N1CCCCC1. The van der Waals surface area contributed by atoms with Gasteiger partial charge in [-0.25, -0.2) is 0 Å². The van der Waals surface area contributed by atoms with Crippen LogP contribution in [0.5, 0.6) is 0 Å². The number of nitrogens with zero attached hydrogens (tertiary/aromatic N) is 1. The van der Waals surface area contributed by atoms with E-state index in [-0.39, 0.29) is 11.8 Å². The Morgan fingerprint density at radius 2 is 1.46 bits per heavy atom. The van der Waals surface area contributed by atoms with Gasteiger partial charge in [0.1, 0.15) is 0 Å². The molecule has 1 fully saturated rings. The van der Waals surface area contributed by atoms with Crippen LogP contribution in [0, 0.1) is 0 Å². The Morgan fingerprint density at radius 3 is 2.04 bits per heavy atom. The summed E-state index contributed by atoms with van der Waals surface area (Å²) < 4.78 is 5.61. The summed E-state index contributed by atoms with van der Waals surface area (Å²) in [6.45, 7) is 3.17. The van der Waals surface area contributed by atoms with Gasteiger partial charge in [0.2, 0.25) is 5.78 Å². The van der Waals surface area contributed by atoms with Gasteiger partial charge in [-0.15, -0.1) is 0 Å². The van der Waals surface area contributed by atoms with Crippen LogP contribution in [0.2, 0.25) is 0 Å². The van der Waals surface area contributed by atoms with Crippen LogP contribution in [0.25, 0.3) is 0 Å². The van der Waals surface area contributed by atoms with Crippen molar-refractivity contribution >= 4 is 11.8 Å². The summed E-state index contributed by atoms with van der Waals surface area (Å²) in [6, 6.07) is 18.7. The Balaban J connectivity index is 2.00. The lowest BCUT2D eigenvalue weighted by Gasteiger charge is -2.38. The average Bonchev–Trinajstić information content (AvgIpc) is 2.69. The number of hydrogen-bond donors (Lipinski definition) is 0. The van der Waals surface area contributed by atoms with E-state index in [9.17, 15) is 9.59 Å². The van der Waals surface area contributed by atoms with Crippen molar-refractivity contribution in [1.82, 2.24) is 4.90 Å². The quantitative estimate of drug-likeness (QED) is 0.582. The molecule has 4 nitrogen and oxygen atoms in total. The van der Waals surface area contributed by atoms with E-state index in [1.165, 1.54) is 13.3 Å². The Labute approximate surface area is 154 Å². The highest BCUT2D eigenvalue weighted by molar-refractivity contribution is 6.01. The molecule has 2 aromatic carbocycles. The molecule has 0 N–H and O–H groups in total. The fourth-order valence-electron chi connectivity index (χ4n) is 3.63. The van der Waals surface area contributed by atoms with Gasteiger partial charge in [-0.2, -0.15) is 0 Å². The van der Waals surface area contributed by atoms with Crippen molar-refractivity contribution in [3.8, 4) is 0 Å². The summed E-state index contributed by atoms with van der Waals surface area (Å²) in [4.78, 5) is 27.3. The highest BCUT2D eigenvalue weighted by Crippen LogP contribution is 2.31. The molecule has 2 aromatic rings. The first kappa shape index (κ1) is 18.3. The predicted molar refractivity (Wildman–Crippen MR) is 101 cm³/mol. The molecular weight excluding hydrogens is 326 g/mol. The number of ether oxygens (including phenoxy) is 1. The lowest BCUT2D eigenvalue weighted by atomic mass is 9.92. The number of piperidine rings is 1. The van der Waals surface area contributed by atoms with E-state index in [0.29, 0.717) is 5.56 Å². The van der Waals surface area contributed by atoms with Crippen molar-refractivity contribution < 1.29 is 14.3 Å². The zero-order valence-corrected chi connectivity index (χ0v) is 15.1. The van der Waals surface area contributed by atoms with Crippen molar-refractivity contribution in [3.05, 3.63) is 71.8 Å². The molecule has 1 heterocycles. The molecular formula is C22H25NO3. The molecule has 0 amide bonds. The van der Waals surface area contributed by atoms with Crippen molar-refractivity contribution in [2.24, 2.45) is 0 Å². The lowest BCUT2D eigenvalue weighted by molar-refractivity contribution is -0.147. The lowest BCUT2D eigenvalue weighted by Crippen LogP contribution is -2.45. The van der Waals surface area contributed by atoms with Crippen molar-refractivity contribution in [2.45, 2.75) is 38.3 Å². The number of likely N-dealkylation sites (tertiary alicyclic amines) is 1. The largest absolute Gasteiger partial charge is 0.452 e. The highest BCUT2D eigenvalue weighted by Gasteiger charge is 2.37. The van der Waals surface area contributed by atoms with Gasteiger partial charge in [0, 0.05) is 12.5 Å². The molecule has 0 spiro atoms. The Kier molecular flexibility index (Phi) is 6.18. The number of hydrogen-bond acceptors (Lipinski definition) is 4. The standard InChI is InChI=1S/C22H25NO3/c1-17(24)26-22(21(25)19-13-7-3-8-14-19)20(18-11-5-2-6-12-18)23-15-9-4-10-16-23/h2-3,5-8,11-14,20,22H,4,9-10,15-16H2,1H3/t20-,22-/m0/s1. The van der Waals surface area contributed by atoms with Crippen molar-refractivity contribution in [3.63, 3.8) is 0 Å². The number of benzene rings is 2. The minimum Gasteiger partial charge on any atom is -0.452 e. The van der Waals surface area contributed by atoms with Crippen LogP contribution in [0.1, 0.15) is 48.1 Å². The maximum Gasteiger partial charge on any atom is 0.303 e. The van der Waals surface area contributed by atoms with Crippen molar-refractivity contribution in [2.75, 3.05) is 13.1 Å². The molecule has 0 aromatic heterocycles. The van der Waals surface area contributed by atoms with E-state index in [0.717, 1.165) is 31.5 Å². The van der Waals surface area contributed by atoms with Gasteiger partial charge >= 0.3 is 5.97 Å². The maximum absolute atomic E-state index is 13.2. The van der Waals surface area contributed by atoms with E-state index in [4.69, 9.17) is 4.74 Å². The Morgan fingerprint density at radius 1 is 0.885 bits per heavy atom. The van der Waals surface area contributed by atoms with E-state index < -0.39 is 12.1 Å². The molecule has 3 rings (SSSR count). The number of carbonyl (C=O) groups excluding carboxylic acids is 2. The topological polar surface area (TPSA) is 46.6 Å². The van der Waals surface area contributed by atoms with Crippen LogP contribution < -0.4 is 0 Å². The zero-order valence-electron chi connectivity index (χ0n) is 15.1. The van der Waals surface area contributed by atoms with Crippen LogP contribution in [0.4, 0.5) is 0 Å². The molecule has 1 aliphatic heterocycles.